The minimum atomic E-state index is -1.29. The number of phenolic OH excluding ortho intramolecular Hbond substituents is 1. The number of aromatic hydroxyl groups is 1. The molecule has 7 nitrogen and oxygen atoms in total. The maximum Gasteiger partial charge on any atom is 0.410 e. The predicted molar refractivity (Wildman–Crippen MR) is 152 cm³/mol. The molecule has 7 heteroatoms. The molecule has 40 heavy (non-hydrogen) atoms. The maximum atomic E-state index is 13.7. The second-order valence-corrected chi connectivity index (χ2v) is 12.9. The number of rotatable bonds is 7. The van der Waals surface area contributed by atoms with Gasteiger partial charge in [-0.15, -0.1) is 0 Å². The van der Waals surface area contributed by atoms with Crippen LogP contribution in [0.5, 0.6) is 5.75 Å². The molecule has 6 rings (SSSR count). The summed E-state index contributed by atoms with van der Waals surface area (Å²) in [7, 11) is 0. The number of carbonyl (C=O) groups is 2. The number of aliphatic hydroxyl groups is 1. The molecule has 2 aromatic carbocycles. The van der Waals surface area contributed by atoms with Crippen molar-refractivity contribution in [2.45, 2.75) is 95.3 Å². The Morgan fingerprint density at radius 3 is 2.75 bits per heavy atom. The molecule has 1 saturated heterocycles. The van der Waals surface area contributed by atoms with Crippen LogP contribution in [0.3, 0.4) is 0 Å². The van der Waals surface area contributed by atoms with Crippen molar-refractivity contribution in [3.63, 3.8) is 0 Å². The van der Waals surface area contributed by atoms with Crippen LogP contribution in [-0.2, 0) is 11.2 Å². The number of nitrogens with zero attached hydrogens (tertiary/aromatic N) is 1. The Morgan fingerprint density at radius 2 is 1.98 bits per heavy atom. The normalized spacial score (nSPS) is 34.3. The summed E-state index contributed by atoms with van der Waals surface area (Å²) in [5, 5.41) is 22.9. The SMILES string of the molecule is CCCCCCN1C(=O)O[C@@H]2[C@@]3(C)CC[C@@H]4c5ccc(O)cc5CC[C@H]4[C@@H]3C[C@]2(O)[C@@H]1c1cccc(C(N)=O)c1. The van der Waals surface area contributed by atoms with E-state index in [-0.39, 0.29) is 17.4 Å². The first kappa shape index (κ1) is 27.1. The summed E-state index contributed by atoms with van der Waals surface area (Å²) < 4.78 is 6.26. The molecule has 1 heterocycles. The average Bonchev–Trinajstić information content (AvgIpc) is 3.17. The number of benzene rings is 2. The van der Waals surface area contributed by atoms with Crippen LogP contribution in [0.2, 0.25) is 0 Å². The van der Waals surface area contributed by atoms with Crippen LogP contribution in [0.1, 0.15) is 104 Å². The third kappa shape index (κ3) is 4.20. The summed E-state index contributed by atoms with van der Waals surface area (Å²) in [5.41, 5.74) is 7.65. The Bertz CT molecular complexity index is 1310. The zero-order chi connectivity index (χ0) is 28.2. The van der Waals surface area contributed by atoms with E-state index in [0.29, 0.717) is 36.1 Å². The number of fused-ring (bicyclic) bond motifs is 7. The van der Waals surface area contributed by atoms with Crippen molar-refractivity contribution in [3.05, 3.63) is 64.7 Å². The van der Waals surface area contributed by atoms with Crippen molar-refractivity contribution in [3.8, 4) is 5.75 Å². The van der Waals surface area contributed by atoms with E-state index in [1.54, 1.807) is 29.2 Å². The van der Waals surface area contributed by atoms with Gasteiger partial charge in [0.05, 0.1) is 6.04 Å². The van der Waals surface area contributed by atoms with Crippen molar-refractivity contribution in [1.29, 1.82) is 0 Å². The van der Waals surface area contributed by atoms with Gasteiger partial charge in [-0.05, 0) is 97.2 Å². The van der Waals surface area contributed by atoms with E-state index >= 15 is 0 Å². The lowest BCUT2D eigenvalue weighted by Crippen LogP contribution is -2.62. The minimum absolute atomic E-state index is 0.179. The standard InChI is InChI=1S/C33H42N2O5/c1-3-4-5-6-16-35-28(21-8-7-9-22(17-21)29(34)37)33(39)19-27-26-12-10-20-18-23(36)11-13-24(20)25(26)14-15-32(27,2)30(33)40-31(35)38/h7-9,11,13,17-18,25-28,30,36,39H,3-6,10,12,14-16,19H2,1-2H3,(H2,34,37)/t25-,26-,27+,28+,30-,32+,33+/m1/s1. The van der Waals surface area contributed by atoms with E-state index in [1.807, 2.05) is 12.1 Å². The summed E-state index contributed by atoms with van der Waals surface area (Å²) in [6.45, 7) is 4.86. The first-order valence-electron chi connectivity index (χ1n) is 15.1. The highest BCUT2D eigenvalue weighted by atomic mass is 16.6. The van der Waals surface area contributed by atoms with E-state index in [4.69, 9.17) is 10.5 Å². The second-order valence-electron chi connectivity index (χ2n) is 12.9. The van der Waals surface area contributed by atoms with Gasteiger partial charge in [-0.25, -0.2) is 4.79 Å². The van der Waals surface area contributed by atoms with Crippen LogP contribution in [0.15, 0.2) is 42.5 Å². The lowest BCUT2D eigenvalue weighted by molar-refractivity contribution is -0.173. The Hall–Kier alpha value is -3.06. The molecule has 2 aromatic rings. The Balaban J connectivity index is 1.39. The maximum absolute atomic E-state index is 13.7. The van der Waals surface area contributed by atoms with Crippen LogP contribution < -0.4 is 5.73 Å². The molecule has 4 N–H and O–H groups in total. The van der Waals surface area contributed by atoms with Gasteiger partial charge in [0, 0.05) is 17.5 Å². The largest absolute Gasteiger partial charge is 0.508 e. The van der Waals surface area contributed by atoms with Crippen molar-refractivity contribution in [2.75, 3.05) is 6.54 Å². The lowest BCUT2D eigenvalue weighted by Gasteiger charge is -2.53. The van der Waals surface area contributed by atoms with Gasteiger partial charge in [0.1, 0.15) is 17.5 Å². The lowest BCUT2D eigenvalue weighted by atomic mass is 9.55. The number of carbonyl (C=O) groups excluding carboxylic acids is 2. The molecule has 0 radical (unpaired) electrons. The molecular weight excluding hydrogens is 504 g/mol. The van der Waals surface area contributed by atoms with Crippen molar-refractivity contribution in [2.24, 2.45) is 23.0 Å². The monoisotopic (exact) mass is 546 g/mol. The number of ether oxygens (including phenoxy) is 1. The molecule has 0 bridgehead atoms. The van der Waals surface area contributed by atoms with Crippen molar-refractivity contribution >= 4 is 12.0 Å². The Morgan fingerprint density at radius 1 is 1.15 bits per heavy atom. The number of hydrogen-bond acceptors (Lipinski definition) is 5. The van der Waals surface area contributed by atoms with Crippen molar-refractivity contribution < 1.29 is 24.5 Å². The molecule has 0 aromatic heterocycles. The van der Waals surface area contributed by atoms with Gasteiger partial charge in [-0.3, -0.25) is 9.69 Å². The quantitative estimate of drug-likeness (QED) is 0.378. The topological polar surface area (TPSA) is 113 Å². The predicted octanol–water partition coefficient (Wildman–Crippen LogP) is 5.83. The molecule has 0 unspecified atom stereocenters. The molecule has 4 aliphatic rings. The fourth-order valence-electron chi connectivity index (χ4n) is 8.95. The van der Waals surface area contributed by atoms with Gasteiger partial charge in [0.15, 0.2) is 0 Å². The van der Waals surface area contributed by atoms with Crippen LogP contribution in [0.4, 0.5) is 4.79 Å². The van der Waals surface area contributed by atoms with Gasteiger partial charge < -0.3 is 20.7 Å². The van der Waals surface area contributed by atoms with Gasteiger partial charge >= 0.3 is 6.09 Å². The summed E-state index contributed by atoms with van der Waals surface area (Å²) in [6.07, 6.45) is 7.21. The highest BCUT2D eigenvalue weighted by Gasteiger charge is 2.70. The smallest absolute Gasteiger partial charge is 0.410 e. The van der Waals surface area contributed by atoms with Crippen LogP contribution >= 0.6 is 0 Å². The number of amides is 2. The Kier molecular flexibility index (Phi) is 6.84. The van der Waals surface area contributed by atoms with Gasteiger partial charge in [-0.2, -0.15) is 0 Å². The number of nitrogens with two attached hydrogens (primary N) is 1. The molecular formula is C33H42N2O5. The van der Waals surface area contributed by atoms with Crippen molar-refractivity contribution in [1.82, 2.24) is 4.90 Å². The molecule has 0 spiro atoms. The number of unbranched alkanes of at least 4 members (excludes halogenated alkanes) is 3. The number of aryl methyl sites for hydroxylation is 1. The fraction of sp³-hybridized carbons (Fsp3) is 0.576. The third-order valence-corrected chi connectivity index (χ3v) is 10.7. The Labute approximate surface area is 236 Å². The highest BCUT2D eigenvalue weighted by molar-refractivity contribution is 5.93. The number of primary amides is 1. The first-order valence-corrected chi connectivity index (χ1v) is 15.1. The molecule has 214 valence electrons. The molecule has 3 fully saturated rings. The summed E-state index contributed by atoms with van der Waals surface area (Å²) in [6, 6.07) is 12.3. The van der Waals surface area contributed by atoms with Gasteiger partial charge in [0.2, 0.25) is 5.91 Å². The third-order valence-electron chi connectivity index (χ3n) is 10.7. The highest BCUT2D eigenvalue weighted by Crippen LogP contribution is 2.67. The summed E-state index contributed by atoms with van der Waals surface area (Å²) in [4.78, 5) is 27.5. The van der Waals surface area contributed by atoms with Crippen LogP contribution in [0, 0.1) is 17.3 Å². The van der Waals surface area contributed by atoms with E-state index in [1.165, 1.54) is 11.1 Å². The van der Waals surface area contributed by atoms with Gasteiger partial charge in [-0.1, -0.05) is 51.3 Å². The number of hydrogen-bond donors (Lipinski definition) is 3. The number of phenols is 1. The van der Waals surface area contributed by atoms with E-state index in [2.05, 4.69) is 19.9 Å². The van der Waals surface area contributed by atoms with Crippen LogP contribution in [0.25, 0.3) is 0 Å². The molecule has 7 atom stereocenters. The summed E-state index contributed by atoms with van der Waals surface area (Å²) in [5.74, 6) is 0.687. The zero-order valence-electron chi connectivity index (χ0n) is 23.6. The van der Waals surface area contributed by atoms with E-state index in [0.717, 1.165) is 56.9 Å². The van der Waals surface area contributed by atoms with E-state index in [9.17, 15) is 19.8 Å². The summed E-state index contributed by atoms with van der Waals surface area (Å²) >= 11 is 0. The second kappa shape index (κ2) is 10.1. The molecule has 3 aliphatic carbocycles. The minimum Gasteiger partial charge on any atom is -0.508 e. The zero-order valence-corrected chi connectivity index (χ0v) is 23.6. The first-order chi connectivity index (χ1) is 19.2. The van der Waals surface area contributed by atoms with E-state index < -0.39 is 23.7 Å². The van der Waals surface area contributed by atoms with Gasteiger partial charge in [0.25, 0.3) is 0 Å². The molecule has 1 aliphatic heterocycles. The fourth-order valence-corrected chi connectivity index (χ4v) is 8.95. The van der Waals surface area contributed by atoms with Crippen LogP contribution in [-0.4, -0.2) is 45.4 Å². The molecule has 2 saturated carbocycles. The average molecular weight is 547 g/mol. The molecule has 2 amide bonds.